The minimum atomic E-state index is -1.19. The van der Waals surface area contributed by atoms with Gasteiger partial charge in [0, 0.05) is 16.1 Å². The number of carboxylic acid groups (broad SMARTS) is 1. The van der Waals surface area contributed by atoms with E-state index in [-0.39, 0.29) is 38.0 Å². The number of aromatic carboxylic acids is 1. The quantitative estimate of drug-likeness (QED) is 0.806. The Hall–Kier alpha value is -2.24. The van der Waals surface area contributed by atoms with Crippen molar-refractivity contribution in [1.82, 2.24) is 0 Å². The van der Waals surface area contributed by atoms with E-state index < -0.39 is 11.9 Å². The summed E-state index contributed by atoms with van der Waals surface area (Å²) in [6.07, 6.45) is 0. The highest BCUT2D eigenvalue weighted by atomic mass is 35.5. The molecular formula is C14H9Cl2NO4. The highest BCUT2D eigenvalue weighted by Gasteiger charge is 2.19. The van der Waals surface area contributed by atoms with Crippen molar-refractivity contribution >= 4 is 35.1 Å². The summed E-state index contributed by atoms with van der Waals surface area (Å²) < 4.78 is 0. The third kappa shape index (κ3) is 2.94. The predicted octanol–water partition coefficient (Wildman–Crippen LogP) is 3.16. The molecule has 0 spiro atoms. The molecule has 0 saturated carbocycles. The molecule has 0 radical (unpaired) electrons. The Morgan fingerprint density at radius 3 is 2.29 bits per heavy atom. The van der Waals surface area contributed by atoms with Crippen LogP contribution in [0, 0.1) is 0 Å². The van der Waals surface area contributed by atoms with E-state index in [1.165, 1.54) is 24.3 Å². The van der Waals surface area contributed by atoms with Crippen LogP contribution in [-0.2, 0) is 0 Å². The zero-order valence-corrected chi connectivity index (χ0v) is 11.9. The van der Waals surface area contributed by atoms with Crippen molar-refractivity contribution in [2.45, 2.75) is 0 Å². The Morgan fingerprint density at radius 1 is 1.10 bits per heavy atom. The van der Waals surface area contributed by atoms with Gasteiger partial charge in [-0.2, -0.15) is 0 Å². The van der Waals surface area contributed by atoms with Crippen LogP contribution in [0.15, 0.2) is 30.3 Å². The molecule has 0 atom stereocenters. The lowest BCUT2D eigenvalue weighted by atomic mass is 9.97. The third-order valence-corrected chi connectivity index (χ3v) is 3.35. The fourth-order valence-corrected chi connectivity index (χ4v) is 2.51. The van der Waals surface area contributed by atoms with Gasteiger partial charge in [0.25, 0.3) is 0 Å². The summed E-state index contributed by atoms with van der Waals surface area (Å²) in [4.78, 5) is 22.4. The minimum Gasteiger partial charge on any atom is -0.507 e. The van der Waals surface area contributed by atoms with E-state index in [4.69, 9.17) is 34.0 Å². The molecule has 0 aliphatic rings. The van der Waals surface area contributed by atoms with E-state index in [0.717, 1.165) is 6.07 Å². The Balaban J connectivity index is 2.72. The lowest BCUT2D eigenvalue weighted by Crippen LogP contribution is -2.12. The maximum Gasteiger partial charge on any atom is 0.335 e. The number of primary amides is 1. The molecule has 2 rings (SSSR count). The SMILES string of the molecule is NC(=O)c1cc(Cl)cc(Cl)c1-c1ccc(C(=O)O)cc1O. The second-order valence-corrected chi connectivity index (χ2v) is 5.06. The van der Waals surface area contributed by atoms with Crippen LogP contribution in [0.1, 0.15) is 20.7 Å². The van der Waals surface area contributed by atoms with Crippen LogP contribution in [0.4, 0.5) is 0 Å². The Morgan fingerprint density at radius 2 is 1.76 bits per heavy atom. The zero-order valence-electron chi connectivity index (χ0n) is 10.4. The number of rotatable bonds is 3. The first kappa shape index (κ1) is 15.2. The molecule has 7 heteroatoms. The van der Waals surface area contributed by atoms with Crippen molar-refractivity contribution in [1.29, 1.82) is 0 Å². The van der Waals surface area contributed by atoms with Crippen LogP contribution >= 0.6 is 23.2 Å². The number of hydrogen-bond donors (Lipinski definition) is 3. The standard InChI is InChI=1S/C14H9Cl2NO4/c15-7-4-9(13(17)19)12(10(16)5-7)8-2-1-6(14(20)21)3-11(8)18/h1-5,18H,(H2,17,19)(H,20,21). The number of phenols is 1. The number of benzene rings is 2. The lowest BCUT2D eigenvalue weighted by Gasteiger charge is -2.12. The van der Waals surface area contributed by atoms with E-state index in [2.05, 4.69) is 0 Å². The van der Waals surface area contributed by atoms with Crippen molar-refractivity contribution < 1.29 is 19.8 Å². The molecule has 0 aliphatic heterocycles. The largest absolute Gasteiger partial charge is 0.507 e. The van der Waals surface area contributed by atoms with Gasteiger partial charge in [0.15, 0.2) is 0 Å². The van der Waals surface area contributed by atoms with Crippen molar-refractivity contribution in [2.24, 2.45) is 5.73 Å². The summed E-state index contributed by atoms with van der Waals surface area (Å²) in [5.74, 6) is -2.29. The summed E-state index contributed by atoms with van der Waals surface area (Å²) in [6, 6.07) is 6.42. The smallest absolute Gasteiger partial charge is 0.335 e. The first-order valence-electron chi connectivity index (χ1n) is 5.66. The van der Waals surface area contributed by atoms with Crippen molar-refractivity contribution in [3.63, 3.8) is 0 Å². The van der Waals surface area contributed by atoms with Gasteiger partial charge in [-0.05, 0) is 30.3 Å². The van der Waals surface area contributed by atoms with Gasteiger partial charge in [0.05, 0.1) is 16.1 Å². The number of phenolic OH excluding ortho intramolecular Hbond substituents is 1. The fraction of sp³-hybridized carbons (Fsp3) is 0. The topological polar surface area (TPSA) is 101 Å². The van der Waals surface area contributed by atoms with Crippen molar-refractivity contribution in [3.8, 4) is 16.9 Å². The van der Waals surface area contributed by atoms with Crippen LogP contribution in [0.25, 0.3) is 11.1 Å². The molecule has 0 aliphatic carbocycles. The molecule has 0 fully saturated rings. The molecule has 108 valence electrons. The molecule has 21 heavy (non-hydrogen) atoms. The minimum absolute atomic E-state index is 0.0332. The Labute approximate surface area is 129 Å². The van der Waals surface area contributed by atoms with Crippen molar-refractivity contribution in [2.75, 3.05) is 0 Å². The third-order valence-electron chi connectivity index (χ3n) is 2.83. The molecule has 0 unspecified atom stereocenters. The number of hydrogen-bond acceptors (Lipinski definition) is 3. The van der Waals surface area contributed by atoms with E-state index in [0.29, 0.717) is 0 Å². The number of carbonyl (C=O) groups excluding carboxylic acids is 1. The zero-order chi connectivity index (χ0) is 15.7. The molecular weight excluding hydrogens is 317 g/mol. The molecule has 5 nitrogen and oxygen atoms in total. The molecule has 0 aromatic heterocycles. The number of halogens is 2. The van der Waals surface area contributed by atoms with Crippen LogP contribution in [0.2, 0.25) is 10.0 Å². The molecule has 2 aromatic carbocycles. The van der Waals surface area contributed by atoms with Gasteiger partial charge >= 0.3 is 5.97 Å². The van der Waals surface area contributed by atoms with E-state index >= 15 is 0 Å². The number of carbonyl (C=O) groups is 2. The highest BCUT2D eigenvalue weighted by molar-refractivity contribution is 6.37. The van der Waals surface area contributed by atoms with Gasteiger partial charge < -0.3 is 15.9 Å². The average Bonchev–Trinajstić information content (AvgIpc) is 2.38. The van der Waals surface area contributed by atoms with E-state index in [1.54, 1.807) is 0 Å². The van der Waals surface area contributed by atoms with Crippen molar-refractivity contribution in [3.05, 3.63) is 51.5 Å². The molecule has 0 saturated heterocycles. The monoisotopic (exact) mass is 325 g/mol. The van der Waals surface area contributed by atoms with Gasteiger partial charge in [0.2, 0.25) is 5.91 Å². The van der Waals surface area contributed by atoms with Gasteiger partial charge in [-0.15, -0.1) is 0 Å². The lowest BCUT2D eigenvalue weighted by molar-refractivity contribution is 0.0696. The Bertz CT molecular complexity index is 759. The number of amides is 1. The molecule has 0 bridgehead atoms. The van der Waals surface area contributed by atoms with Crippen LogP contribution in [-0.4, -0.2) is 22.1 Å². The second-order valence-electron chi connectivity index (χ2n) is 4.21. The summed E-state index contributed by atoms with van der Waals surface area (Å²) >= 11 is 11.9. The summed E-state index contributed by atoms with van der Waals surface area (Å²) in [6.45, 7) is 0. The van der Waals surface area contributed by atoms with E-state index in [1.807, 2.05) is 0 Å². The van der Waals surface area contributed by atoms with E-state index in [9.17, 15) is 14.7 Å². The van der Waals surface area contributed by atoms with Crippen LogP contribution in [0.3, 0.4) is 0 Å². The molecule has 1 amide bonds. The highest BCUT2D eigenvalue weighted by Crippen LogP contribution is 2.39. The number of carboxylic acids is 1. The molecule has 0 heterocycles. The van der Waals surface area contributed by atoms with Gasteiger partial charge in [-0.1, -0.05) is 23.2 Å². The average molecular weight is 326 g/mol. The fourth-order valence-electron chi connectivity index (χ4n) is 1.92. The summed E-state index contributed by atoms with van der Waals surface area (Å²) in [7, 11) is 0. The molecule has 2 aromatic rings. The van der Waals surface area contributed by atoms with Crippen LogP contribution < -0.4 is 5.73 Å². The number of nitrogens with two attached hydrogens (primary N) is 1. The maximum atomic E-state index is 11.5. The summed E-state index contributed by atoms with van der Waals surface area (Å²) in [5, 5.41) is 19.2. The van der Waals surface area contributed by atoms with Gasteiger partial charge in [0.1, 0.15) is 5.75 Å². The van der Waals surface area contributed by atoms with Gasteiger partial charge in [-0.3, -0.25) is 4.79 Å². The normalized spacial score (nSPS) is 10.4. The first-order chi connectivity index (χ1) is 9.81. The maximum absolute atomic E-state index is 11.5. The summed E-state index contributed by atoms with van der Waals surface area (Å²) in [5.41, 5.74) is 5.61. The first-order valence-corrected chi connectivity index (χ1v) is 6.42. The number of aromatic hydroxyl groups is 1. The molecule has 4 N–H and O–H groups in total. The predicted molar refractivity (Wildman–Crippen MR) is 79.0 cm³/mol. The Kier molecular flexibility index (Phi) is 4.06. The second kappa shape index (κ2) is 5.63. The van der Waals surface area contributed by atoms with Crippen LogP contribution in [0.5, 0.6) is 5.75 Å². The van der Waals surface area contributed by atoms with Gasteiger partial charge in [-0.25, -0.2) is 4.79 Å².